The van der Waals surface area contributed by atoms with Gasteiger partial charge in [-0.15, -0.1) is 0 Å². The normalized spacial score (nSPS) is 16.5. The van der Waals surface area contributed by atoms with Crippen LogP contribution in [0.1, 0.15) is 40.7 Å². The van der Waals surface area contributed by atoms with E-state index in [1.165, 1.54) is 40.7 Å². The van der Waals surface area contributed by atoms with Gasteiger partial charge in [-0.1, -0.05) is 36.8 Å². The summed E-state index contributed by atoms with van der Waals surface area (Å²) < 4.78 is 41.4. The van der Waals surface area contributed by atoms with Crippen molar-refractivity contribution in [2.24, 2.45) is 0 Å². The van der Waals surface area contributed by atoms with Crippen molar-refractivity contribution in [1.82, 2.24) is 5.32 Å². The van der Waals surface area contributed by atoms with E-state index in [0.29, 0.717) is 12.1 Å². The zero-order valence-corrected chi connectivity index (χ0v) is 18.2. The molecule has 1 aliphatic carbocycles. The Morgan fingerprint density at radius 2 is 1.66 bits per heavy atom. The summed E-state index contributed by atoms with van der Waals surface area (Å²) in [5, 5.41) is 2.77. The largest absolute Gasteiger partial charge is 0.348 e. The molecule has 1 heterocycles. The number of hydrogen-bond acceptors (Lipinski definition) is 3. The summed E-state index contributed by atoms with van der Waals surface area (Å²) in [5.41, 5.74) is 2.95. The number of carbonyl (C=O) groups is 1. The first-order valence-electron chi connectivity index (χ1n) is 10.6. The predicted octanol–water partition coefficient (Wildman–Crippen LogP) is 4.39. The van der Waals surface area contributed by atoms with Crippen LogP contribution in [0.2, 0.25) is 0 Å². The Hall–Kier alpha value is -3.19. The molecule has 164 valence electrons. The Balaban J connectivity index is 1.33. The molecule has 3 aromatic carbocycles. The van der Waals surface area contributed by atoms with Crippen LogP contribution in [-0.4, -0.2) is 20.9 Å². The van der Waals surface area contributed by atoms with Gasteiger partial charge in [-0.2, -0.15) is 0 Å². The first-order valence-corrected chi connectivity index (χ1v) is 12.1. The van der Waals surface area contributed by atoms with E-state index in [4.69, 9.17) is 0 Å². The molecule has 3 aromatic rings. The highest BCUT2D eigenvalue weighted by molar-refractivity contribution is 7.92. The molecular weight excluding hydrogens is 427 g/mol. The van der Waals surface area contributed by atoms with Crippen molar-refractivity contribution in [2.45, 2.75) is 36.1 Å². The molecule has 1 aliphatic heterocycles. The highest BCUT2D eigenvalue weighted by atomic mass is 32.2. The molecule has 0 bridgehead atoms. The molecule has 7 heteroatoms. The number of rotatable bonds is 5. The van der Waals surface area contributed by atoms with Gasteiger partial charge in [0, 0.05) is 24.1 Å². The number of hydrogen-bond donors (Lipinski definition) is 1. The highest BCUT2D eigenvalue weighted by Crippen LogP contribution is 2.53. The minimum atomic E-state index is -3.74. The Kier molecular flexibility index (Phi) is 5.01. The molecule has 0 unspecified atom stereocenters. The summed E-state index contributed by atoms with van der Waals surface area (Å²) in [6.45, 7) is 0.723. The van der Waals surface area contributed by atoms with Gasteiger partial charge in [0.25, 0.3) is 15.9 Å². The maximum absolute atomic E-state index is 13.4. The van der Waals surface area contributed by atoms with Crippen molar-refractivity contribution in [3.63, 3.8) is 0 Å². The molecular formula is C25H23FN2O3S. The fraction of sp³-hybridized carbons (Fsp3) is 0.240. The number of benzene rings is 3. The van der Waals surface area contributed by atoms with Crippen molar-refractivity contribution in [1.29, 1.82) is 0 Å². The van der Waals surface area contributed by atoms with Gasteiger partial charge in [0.2, 0.25) is 0 Å². The molecule has 1 spiro atoms. The molecule has 0 radical (unpaired) electrons. The summed E-state index contributed by atoms with van der Waals surface area (Å²) in [6.07, 6.45) is 3.12. The van der Waals surface area contributed by atoms with Crippen LogP contribution in [0.25, 0.3) is 0 Å². The van der Waals surface area contributed by atoms with Gasteiger partial charge in [0.15, 0.2) is 0 Å². The van der Waals surface area contributed by atoms with Crippen LogP contribution in [0.5, 0.6) is 0 Å². The Labute approximate surface area is 186 Å². The van der Waals surface area contributed by atoms with E-state index in [0.717, 1.165) is 36.1 Å². The molecule has 1 amide bonds. The molecule has 2 aliphatic rings. The molecule has 1 saturated carbocycles. The van der Waals surface area contributed by atoms with E-state index in [1.54, 1.807) is 12.1 Å². The Morgan fingerprint density at radius 1 is 0.969 bits per heavy atom. The number of para-hydroxylation sites is 1. The number of sulfonamides is 1. The smallest absolute Gasteiger partial charge is 0.264 e. The lowest BCUT2D eigenvalue weighted by Crippen LogP contribution is -2.41. The van der Waals surface area contributed by atoms with Crippen LogP contribution >= 0.6 is 0 Å². The van der Waals surface area contributed by atoms with Gasteiger partial charge in [0.1, 0.15) is 5.82 Å². The van der Waals surface area contributed by atoms with Gasteiger partial charge < -0.3 is 5.32 Å². The van der Waals surface area contributed by atoms with Crippen LogP contribution in [0, 0.1) is 5.82 Å². The molecule has 0 aromatic heterocycles. The second-order valence-electron chi connectivity index (χ2n) is 8.50. The first-order chi connectivity index (χ1) is 15.4. The molecule has 5 rings (SSSR count). The van der Waals surface area contributed by atoms with Crippen molar-refractivity contribution in [3.8, 4) is 0 Å². The maximum Gasteiger partial charge on any atom is 0.264 e. The summed E-state index contributed by atoms with van der Waals surface area (Å²) in [4.78, 5) is 12.6. The summed E-state index contributed by atoms with van der Waals surface area (Å²) >= 11 is 0. The van der Waals surface area contributed by atoms with Crippen molar-refractivity contribution in [3.05, 3.63) is 95.3 Å². The van der Waals surface area contributed by atoms with Gasteiger partial charge in [-0.3, -0.25) is 9.10 Å². The van der Waals surface area contributed by atoms with Crippen LogP contribution in [0.4, 0.5) is 10.1 Å². The molecule has 0 atom stereocenters. The first kappa shape index (κ1) is 20.7. The maximum atomic E-state index is 13.4. The van der Waals surface area contributed by atoms with Crippen molar-refractivity contribution < 1.29 is 17.6 Å². The molecule has 1 fully saturated rings. The van der Waals surface area contributed by atoms with Crippen LogP contribution in [0.3, 0.4) is 0 Å². The number of fused-ring (bicyclic) bond motifs is 2. The lowest BCUT2D eigenvalue weighted by Gasteiger charge is -2.38. The third-order valence-corrected chi connectivity index (χ3v) is 8.35. The lowest BCUT2D eigenvalue weighted by atomic mass is 9.66. The van der Waals surface area contributed by atoms with Crippen molar-refractivity contribution >= 4 is 21.6 Å². The minimum Gasteiger partial charge on any atom is -0.348 e. The van der Waals surface area contributed by atoms with Gasteiger partial charge in [0.05, 0.1) is 10.6 Å². The Morgan fingerprint density at radius 3 is 2.31 bits per heavy atom. The monoisotopic (exact) mass is 450 g/mol. The van der Waals surface area contributed by atoms with E-state index in [-0.39, 0.29) is 28.6 Å². The number of halogens is 1. The molecule has 5 nitrogen and oxygen atoms in total. The van der Waals surface area contributed by atoms with Crippen LogP contribution in [-0.2, 0) is 22.0 Å². The average molecular weight is 451 g/mol. The topological polar surface area (TPSA) is 66.5 Å². The Bertz CT molecular complexity index is 1270. The number of nitrogens with one attached hydrogen (secondary N) is 1. The zero-order valence-electron chi connectivity index (χ0n) is 17.4. The van der Waals surface area contributed by atoms with E-state index in [1.807, 2.05) is 24.3 Å². The predicted molar refractivity (Wildman–Crippen MR) is 121 cm³/mol. The third kappa shape index (κ3) is 3.46. The van der Waals surface area contributed by atoms with E-state index in [9.17, 15) is 17.6 Å². The minimum absolute atomic E-state index is 0.0656. The standard InChI is InChI=1S/C25H23FN2O3S/c26-20-10-6-18(7-11-20)16-27-24(29)19-8-12-21(13-9-19)32(30,31)28-17-25(14-3-15-25)22-4-1-2-5-23(22)28/h1-2,4-13H,3,14-17H2,(H,27,29). The number of nitrogens with zero attached hydrogens (tertiary/aromatic N) is 1. The van der Waals surface area contributed by atoms with Gasteiger partial charge >= 0.3 is 0 Å². The number of amides is 1. The molecule has 1 N–H and O–H groups in total. The number of anilines is 1. The fourth-order valence-electron chi connectivity index (χ4n) is 4.62. The van der Waals surface area contributed by atoms with Crippen molar-refractivity contribution in [2.75, 3.05) is 10.8 Å². The number of carbonyl (C=O) groups excluding carboxylic acids is 1. The van der Waals surface area contributed by atoms with E-state index >= 15 is 0 Å². The summed E-state index contributed by atoms with van der Waals surface area (Å²) in [5.74, 6) is -0.654. The third-order valence-electron chi connectivity index (χ3n) is 6.57. The van der Waals surface area contributed by atoms with Gasteiger partial charge in [-0.05, 0) is 66.4 Å². The van der Waals surface area contributed by atoms with E-state index < -0.39 is 10.0 Å². The lowest BCUT2D eigenvalue weighted by molar-refractivity contribution is 0.0951. The zero-order chi connectivity index (χ0) is 22.3. The second-order valence-corrected chi connectivity index (χ2v) is 10.4. The van der Waals surface area contributed by atoms with Gasteiger partial charge in [-0.25, -0.2) is 12.8 Å². The van der Waals surface area contributed by atoms with Crippen LogP contribution in [0.15, 0.2) is 77.7 Å². The summed E-state index contributed by atoms with van der Waals surface area (Å²) in [6, 6.07) is 19.6. The fourth-order valence-corrected chi connectivity index (χ4v) is 6.19. The second kappa shape index (κ2) is 7.74. The SMILES string of the molecule is O=C(NCc1ccc(F)cc1)c1ccc(S(=O)(=O)N2CC3(CCC3)c3ccccc32)cc1. The summed E-state index contributed by atoms with van der Waals surface area (Å²) in [7, 11) is -3.74. The van der Waals surface area contributed by atoms with Crippen LogP contribution < -0.4 is 9.62 Å². The molecule has 32 heavy (non-hydrogen) atoms. The quantitative estimate of drug-likeness (QED) is 0.627. The van der Waals surface area contributed by atoms with E-state index in [2.05, 4.69) is 5.32 Å². The molecule has 0 saturated heterocycles. The highest BCUT2D eigenvalue weighted by Gasteiger charge is 2.49. The average Bonchev–Trinajstić information content (AvgIpc) is 3.16.